The summed E-state index contributed by atoms with van der Waals surface area (Å²) in [5.41, 5.74) is 0. The number of nitrogens with one attached hydrogen (secondary N) is 2. The van der Waals surface area contributed by atoms with E-state index in [2.05, 4.69) is 16.9 Å². The summed E-state index contributed by atoms with van der Waals surface area (Å²) in [6, 6.07) is -1.20. The van der Waals surface area contributed by atoms with Crippen LogP contribution in [0.2, 0.25) is 0 Å². The number of thioether (sulfide) groups is 1. The van der Waals surface area contributed by atoms with Gasteiger partial charge in [0.2, 0.25) is 0 Å². The fourth-order valence-corrected chi connectivity index (χ4v) is 3.05. The van der Waals surface area contributed by atoms with Gasteiger partial charge in [0.1, 0.15) is 6.04 Å². The molecule has 2 amide bonds. The first-order valence-corrected chi connectivity index (χ1v) is 7.99. The van der Waals surface area contributed by atoms with Crippen LogP contribution in [0.1, 0.15) is 39.5 Å². The molecular weight excluding hydrogens is 264 g/mol. The van der Waals surface area contributed by atoms with Gasteiger partial charge in [0.25, 0.3) is 0 Å². The highest BCUT2D eigenvalue weighted by Crippen LogP contribution is 2.42. The van der Waals surface area contributed by atoms with E-state index in [1.54, 1.807) is 11.8 Å². The first kappa shape index (κ1) is 16.1. The smallest absolute Gasteiger partial charge is 0.326 e. The SMILES string of the molecule is CCC(C)C(NC(=O)NCC1(SC)CCC1)C(=O)O. The van der Waals surface area contributed by atoms with Crippen LogP contribution in [0.15, 0.2) is 0 Å². The Labute approximate surface area is 118 Å². The summed E-state index contributed by atoms with van der Waals surface area (Å²) >= 11 is 1.78. The third-order valence-corrected chi connectivity index (χ3v) is 5.45. The number of carbonyl (C=O) groups excluding carboxylic acids is 1. The summed E-state index contributed by atoms with van der Waals surface area (Å²) in [4.78, 5) is 22.9. The largest absolute Gasteiger partial charge is 0.480 e. The molecule has 1 saturated carbocycles. The lowest BCUT2D eigenvalue weighted by molar-refractivity contribution is -0.140. The van der Waals surface area contributed by atoms with Crippen LogP contribution >= 0.6 is 11.8 Å². The third kappa shape index (κ3) is 4.30. The van der Waals surface area contributed by atoms with Crippen molar-refractivity contribution in [1.29, 1.82) is 0 Å². The Morgan fingerprint density at radius 1 is 1.42 bits per heavy atom. The Morgan fingerprint density at radius 3 is 2.42 bits per heavy atom. The number of hydrogen-bond donors (Lipinski definition) is 3. The monoisotopic (exact) mass is 288 g/mol. The highest BCUT2D eigenvalue weighted by Gasteiger charge is 2.36. The van der Waals surface area contributed by atoms with Crippen molar-refractivity contribution in [3.8, 4) is 0 Å². The van der Waals surface area contributed by atoms with Crippen molar-refractivity contribution in [2.45, 2.75) is 50.3 Å². The lowest BCUT2D eigenvalue weighted by Crippen LogP contribution is -2.53. The van der Waals surface area contributed by atoms with E-state index in [-0.39, 0.29) is 16.7 Å². The van der Waals surface area contributed by atoms with Crippen LogP contribution in [0.5, 0.6) is 0 Å². The molecule has 19 heavy (non-hydrogen) atoms. The predicted molar refractivity (Wildman–Crippen MR) is 77.5 cm³/mol. The van der Waals surface area contributed by atoms with Crippen molar-refractivity contribution in [3.63, 3.8) is 0 Å². The molecule has 0 saturated heterocycles. The fraction of sp³-hybridized carbons (Fsp3) is 0.846. The van der Waals surface area contributed by atoms with E-state index in [0.29, 0.717) is 13.0 Å². The molecule has 1 rings (SSSR count). The number of rotatable bonds is 7. The normalized spacial score (nSPS) is 19.9. The number of carboxylic acids is 1. The average Bonchev–Trinajstić information content (AvgIpc) is 2.34. The Kier molecular flexibility index (Phi) is 5.97. The minimum absolute atomic E-state index is 0.0820. The molecule has 1 aliphatic rings. The second-order valence-electron chi connectivity index (χ2n) is 5.27. The minimum Gasteiger partial charge on any atom is -0.480 e. The molecule has 5 nitrogen and oxygen atoms in total. The van der Waals surface area contributed by atoms with Gasteiger partial charge in [-0.1, -0.05) is 26.7 Å². The van der Waals surface area contributed by atoms with Gasteiger partial charge in [-0.15, -0.1) is 0 Å². The highest BCUT2D eigenvalue weighted by molar-refractivity contribution is 8.00. The van der Waals surface area contributed by atoms with Crippen LogP contribution in [0, 0.1) is 5.92 Å². The van der Waals surface area contributed by atoms with Crippen molar-refractivity contribution in [1.82, 2.24) is 10.6 Å². The van der Waals surface area contributed by atoms with Crippen LogP contribution in [0.25, 0.3) is 0 Å². The van der Waals surface area contributed by atoms with Crippen LogP contribution in [-0.2, 0) is 4.79 Å². The molecule has 2 unspecified atom stereocenters. The molecule has 0 aromatic rings. The average molecular weight is 288 g/mol. The molecule has 0 bridgehead atoms. The standard InChI is InChI=1S/C13H24N2O3S/c1-4-9(2)10(11(16)17)15-12(18)14-8-13(19-3)6-5-7-13/h9-10H,4-8H2,1-3H3,(H,16,17)(H2,14,15,18). The van der Waals surface area contributed by atoms with E-state index in [9.17, 15) is 9.59 Å². The van der Waals surface area contributed by atoms with E-state index in [1.807, 2.05) is 13.8 Å². The zero-order valence-electron chi connectivity index (χ0n) is 11.9. The van der Waals surface area contributed by atoms with Gasteiger partial charge in [-0.2, -0.15) is 11.8 Å². The van der Waals surface area contributed by atoms with Crippen molar-refractivity contribution in [2.24, 2.45) is 5.92 Å². The van der Waals surface area contributed by atoms with E-state index in [0.717, 1.165) is 12.8 Å². The lowest BCUT2D eigenvalue weighted by Gasteiger charge is -2.40. The summed E-state index contributed by atoms with van der Waals surface area (Å²) in [5.74, 6) is -1.06. The third-order valence-electron chi connectivity index (χ3n) is 4.03. The Balaban J connectivity index is 2.42. The van der Waals surface area contributed by atoms with Gasteiger partial charge in [-0.05, 0) is 25.0 Å². The molecule has 1 fully saturated rings. The van der Waals surface area contributed by atoms with E-state index in [1.165, 1.54) is 6.42 Å². The van der Waals surface area contributed by atoms with Gasteiger partial charge in [-0.3, -0.25) is 0 Å². The van der Waals surface area contributed by atoms with Gasteiger partial charge < -0.3 is 15.7 Å². The maximum atomic E-state index is 11.8. The summed E-state index contributed by atoms with van der Waals surface area (Å²) < 4.78 is 0.159. The molecule has 0 aromatic carbocycles. The van der Waals surface area contributed by atoms with Gasteiger partial charge >= 0.3 is 12.0 Å². The molecule has 0 aliphatic heterocycles. The predicted octanol–water partition coefficient (Wildman–Crippen LogP) is 2.07. The molecule has 6 heteroatoms. The first-order valence-electron chi connectivity index (χ1n) is 6.76. The maximum absolute atomic E-state index is 11.8. The zero-order chi connectivity index (χ0) is 14.5. The van der Waals surface area contributed by atoms with Crippen molar-refractivity contribution >= 4 is 23.8 Å². The molecule has 0 radical (unpaired) electrons. The molecule has 0 heterocycles. The minimum atomic E-state index is -0.979. The molecule has 0 aromatic heterocycles. The van der Waals surface area contributed by atoms with Crippen LogP contribution in [-0.4, -0.2) is 40.7 Å². The number of urea groups is 1. The van der Waals surface area contributed by atoms with E-state index in [4.69, 9.17) is 5.11 Å². The quantitative estimate of drug-likeness (QED) is 0.670. The number of aliphatic carboxylic acids is 1. The summed E-state index contributed by atoms with van der Waals surface area (Å²) in [5, 5.41) is 14.5. The first-order chi connectivity index (χ1) is 8.94. The lowest BCUT2D eigenvalue weighted by atomic mass is 9.84. The van der Waals surface area contributed by atoms with Crippen LogP contribution < -0.4 is 10.6 Å². The number of hydrogen-bond acceptors (Lipinski definition) is 3. The van der Waals surface area contributed by atoms with Gasteiger partial charge in [-0.25, -0.2) is 9.59 Å². The topological polar surface area (TPSA) is 78.4 Å². The van der Waals surface area contributed by atoms with Gasteiger partial charge in [0.05, 0.1) is 0 Å². The Hall–Kier alpha value is -0.910. The van der Waals surface area contributed by atoms with E-state index < -0.39 is 12.0 Å². The van der Waals surface area contributed by atoms with Crippen LogP contribution in [0.3, 0.4) is 0 Å². The zero-order valence-corrected chi connectivity index (χ0v) is 12.7. The Morgan fingerprint density at radius 2 is 2.05 bits per heavy atom. The second kappa shape index (κ2) is 7.03. The molecule has 110 valence electrons. The number of carboxylic acid groups (broad SMARTS) is 1. The maximum Gasteiger partial charge on any atom is 0.326 e. The van der Waals surface area contributed by atoms with Crippen molar-refractivity contribution in [2.75, 3.05) is 12.8 Å². The van der Waals surface area contributed by atoms with E-state index >= 15 is 0 Å². The number of carbonyl (C=O) groups is 2. The highest BCUT2D eigenvalue weighted by atomic mass is 32.2. The van der Waals surface area contributed by atoms with Gasteiger partial charge in [0, 0.05) is 11.3 Å². The summed E-state index contributed by atoms with van der Waals surface area (Å²) in [6.45, 7) is 4.35. The molecule has 1 aliphatic carbocycles. The van der Waals surface area contributed by atoms with Crippen molar-refractivity contribution < 1.29 is 14.7 Å². The fourth-order valence-electron chi connectivity index (χ4n) is 2.14. The second-order valence-corrected chi connectivity index (χ2v) is 6.54. The molecular formula is C13H24N2O3S. The van der Waals surface area contributed by atoms with Crippen LogP contribution in [0.4, 0.5) is 4.79 Å². The van der Waals surface area contributed by atoms with Gasteiger partial charge in [0.15, 0.2) is 0 Å². The van der Waals surface area contributed by atoms with Crippen molar-refractivity contribution in [3.05, 3.63) is 0 Å². The molecule has 0 spiro atoms. The number of amides is 2. The molecule has 3 N–H and O–H groups in total. The summed E-state index contributed by atoms with van der Waals surface area (Å²) in [7, 11) is 0. The summed E-state index contributed by atoms with van der Waals surface area (Å²) in [6.07, 6.45) is 6.20. The molecule has 2 atom stereocenters. The Bertz CT molecular complexity index is 326.